The summed E-state index contributed by atoms with van der Waals surface area (Å²) in [6.07, 6.45) is 3.43. The van der Waals surface area contributed by atoms with E-state index in [2.05, 4.69) is 0 Å². The molecule has 0 saturated heterocycles. The monoisotopic (exact) mass is 215 g/mol. The number of hydrogen-bond donors (Lipinski definition) is 0. The Morgan fingerprint density at radius 1 is 1.31 bits per heavy atom. The molecule has 2 rings (SSSR count). The zero-order valence-electron chi connectivity index (χ0n) is 9.09. The first-order chi connectivity index (χ1) is 7.68. The lowest BCUT2D eigenvalue weighted by atomic mass is 10.1. The van der Waals surface area contributed by atoms with Gasteiger partial charge in [0.25, 0.3) is 5.91 Å². The van der Waals surface area contributed by atoms with Crippen molar-refractivity contribution in [2.75, 3.05) is 0 Å². The fourth-order valence-corrected chi connectivity index (χ4v) is 1.77. The molecule has 1 aliphatic rings. The third kappa shape index (κ3) is 2.03. The maximum atomic E-state index is 12.1. The smallest absolute Gasteiger partial charge is 0.258 e. The largest absolute Gasteiger partial charge is 0.312 e. The van der Waals surface area contributed by atoms with E-state index >= 15 is 0 Å². The van der Waals surface area contributed by atoms with Crippen molar-refractivity contribution in [1.82, 2.24) is 4.90 Å². The van der Waals surface area contributed by atoms with Crippen LogP contribution in [0.4, 0.5) is 0 Å². The molecule has 1 aliphatic heterocycles. The molecule has 0 saturated carbocycles. The zero-order chi connectivity index (χ0) is 11.5. The molecule has 0 aliphatic carbocycles. The molecule has 1 amide bonds. The van der Waals surface area contributed by atoms with Gasteiger partial charge in [-0.2, -0.15) is 0 Å². The van der Waals surface area contributed by atoms with E-state index in [1.807, 2.05) is 25.1 Å². The highest BCUT2D eigenvalue weighted by molar-refractivity contribution is 5.98. The van der Waals surface area contributed by atoms with Crippen molar-refractivity contribution in [1.29, 1.82) is 0 Å². The minimum Gasteiger partial charge on any atom is -0.312 e. The van der Waals surface area contributed by atoms with Gasteiger partial charge in [0.05, 0.1) is 0 Å². The summed E-state index contributed by atoms with van der Waals surface area (Å²) in [5, 5.41) is 0. The van der Waals surface area contributed by atoms with Crippen molar-refractivity contribution in [3.8, 4) is 0 Å². The summed E-state index contributed by atoms with van der Waals surface area (Å²) in [5.41, 5.74) is 0.647. The number of amides is 1. The molecule has 1 atom stereocenters. The van der Waals surface area contributed by atoms with E-state index in [4.69, 9.17) is 0 Å². The number of allylic oxidation sites excluding steroid dienone is 1. The lowest BCUT2D eigenvalue weighted by molar-refractivity contribution is -0.115. The number of carbonyl (C=O) groups is 2. The number of rotatable bonds is 1. The van der Waals surface area contributed by atoms with Gasteiger partial charge in [-0.3, -0.25) is 9.59 Å². The highest BCUT2D eigenvalue weighted by Crippen LogP contribution is 2.15. The Hall–Kier alpha value is -1.90. The Balaban J connectivity index is 2.23. The summed E-state index contributed by atoms with van der Waals surface area (Å²) in [6, 6.07) is 9.02. The second kappa shape index (κ2) is 4.31. The lowest BCUT2D eigenvalue weighted by Gasteiger charge is -2.28. The average molecular weight is 215 g/mol. The van der Waals surface area contributed by atoms with Gasteiger partial charge in [0.15, 0.2) is 5.78 Å². The molecule has 3 nitrogen and oxygen atoms in total. The van der Waals surface area contributed by atoms with Gasteiger partial charge in [-0.25, -0.2) is 0 Å². The van der Waals surface area contributed by atoms with Crippen molar-refractivity contribution in [2.45, 2.75) is 19.4 Å². The molecule has 0 N–H and O–H groups in total. The quantitative estimate of drug-likeness (QED) is 0.718. The van der Waals surface area contributed by atoms with Gasteiger partial charge in [0, 0.05) is 24.2 Å². The zero-order valence-corrected chi connectivity index (χ0v) is 9.09. The van der Waals surface area contributed by atoms with Gasteiger partial charge in [-0.05, 0) is 25.1 Å². The fourth-order valence-electron chi connectivity index (χ4n) is 1.77. The molecule has 0 unspecified atom stereocenters. The molecule has 0 spiro atoms. The molecule has 0 bridgehead atoms. The van der Waals surface area contributed by atoms with E-state index < -0.39 is 0 Å². The highest BCUT2D eigenvalue weighted by atomic mass is 16.2. The van der Waals surface area contributed by atoms with E-state index in [0.717, 1.165) is 0 Å². The molecule has 0 radical (unpaired) electrons. The first kappa shape index (κ1) is 10.6. The Labute approximate surface area is 94.4 Å². The summed E-state index contributed by atoms with van der Waals surface area (Å²) in [6.45, 7) is 1.88. The van der Waals surface area contributed by atoms with Crippen LogP contribution in [0.25, 0.3) is 0 Å². The highest BCUT2D eigenvalue weighted by Gasteiger charge is 2.24. The molecule has 16 heavy (non-hydrogen) atoms. The molecule has 0 fully saturated rings. The number of ketones is 1. The Morgan fingerprint density at radius 3 is 2.62 bits per heavy atom. The van der Waals surface area contributed by atoms with Crippen LogP contribution in [0.2, 0.25) is 0 Å². The van der Waals surface area contributed by atoms with Crippen molar-refractivity contribution in [3.05, 3.63) is 48.2 Å². The first-order valence-electron chi connectivity index (χ1n) is 5.27. The average Bonchev–Trinajstić information content (AvgIpc) is 2.29. The summed E-state index contributed by atoms with van der Waals surface area (Å²) in [5.74, 6) is 0.0152. The molecule has 3 heteroatoms. The second-order valence-electron chi connectivity index (χ2n) is 3.91. The SMILES string of the molecule is C[C@@H]1CC(=O)C=CN1C(=O)c1ccccc1. The van der Waals surface area contributed by atoms with Crippen LogP contribution in [0, 0.1) is 0 Å². The van der Waals surface area contributed by atoms with Crippen LogP contribution >= 0.6 is 0 Å². The molecule has 1 aromatic rings. The van der Waals surface area contributed by atoms with Gasteiger partial charge < -0.3 is 4.90 Å². The van der Waals surface area contributed by atoms with Crippen molar-refractivity contribution < 1.29 is 9.59 Å². The van der Waals surface area contributed by atoms with E-state index in [1.165, 1.54) is 6.08 Å². The van der Waals surface area contributed by atoms with Gasteiger partial charge in [-0.1, -0.05) is 18.2 Å². The molecule has 82 valence electrons. The Kier molecular flexibility index (Phi) is 2.86. The van der Waals surface area contributed by atoms with Crippen LogP contribution in [0.1, 0.15) is 23.7 Å². The summed E-state index contributed by atoms with van der Waals surface area (Å²) < 4.78 is 0. The minimum atomic E-state index is -0.0646. The van der Waals surface area contributed by atoms with Crippen LogP contribution in [0.15, 0.2) is 42.6 Å². The van der Waals surface area contributed by atoms with Crippen molar-refractivity contribution in [2.24, 2.45) is 0 Å². The number of carbonyl (C=O) groups excluding carboxylic acids is 2. The first-order valence-corrected chi connectivity index (χ1v) is 5.27. The van der Waals surface area contributed by atoms with E-state index in [9.17, 15) is 9.59 Å². The topological polar surface area (TPSA) is 37.4 Å². The summed E-state index contributed by atoms with van der Waals surface area (Å²) in [4.78, 5) is 24.8. The summed E-state index contributed by atoms with van der Waals surface area (Å²) in [7, 11) is 0. The van der Waals surface area contributed by atoms with Crippen LogP contribution in [-0.4, -0.2) is 22.6 Å². The Bertz CT molecular complexity index is 437. The fraction of sp³-hybridized carbons (Fsp3) is 0.231. The third-order valence-electron chi connectivity index (χ3n) is 2.65. The van der Waals surface area contributed by atoms with Gasteiger partial charge in [0.2, 0.25) is 0 Å². The van der Waals surface area contributed by atoms with Crippen LogP contribution < -0.4 is 0 Å². The minimum absolute atomic E-state index is 0.0585. The standard InChI is InChI=1S/C13H13NO2/c1-10-9-12(15)7-8-14(10)13(16)11-5-3-2-4-6-11/h2-8,10H,9H2,1H3/t10-/m1/s1. The number of benzene rings is 1. The number of nitrogens with zero attached hydrogens (tertiary/aromatic N) is 1. The molecular weight excluding hydrogens is 202 g/mol. The molecule has 1 aromatic carbocycles. The molecule has 0 aromatic heterocycles. The maximum Gasteiger partial charge on any atom is 0.258 e. The normalized spacial score (nSPS) is 19.9. The van der Waals surface area contributed by atoms with Crippen LogP contribution in [0.5, 0.6) is 0 Å². The van der Waals surface area contributed by atoms with Gasteiger partial charge in [0.1, 0.15) is 0 Å². The lowest BCUT2D eigenvalue weighted by Crippen LogP contribution is -2.38. The van der Waals surface area contributed by atoms with Gasteiger partial charge in [-0.15, -0.1) is 0 Å². The van der Waals surface area contributed by atoms with E-state index in [-0.39, 0.29) is 17.7 Å². The van der Waals surface area contributed by atoms with Crippen LogP contribution in [0.3, 0.4) is 0 Å². The second-order valence-corrected chi connectivity index (χ2v) is 3.91. The number of hydrogen-bond acceptors (Lipinski definition) is 2. The molecule has 1 heterocycles. The predicted octanol–water partition coefficient (Wildman–Crippen LogP) is 2.00. The Morgan fingerprint density at radius 2 is 2.00 bits per heavy atom. The van der Waals surface area contributed by atoms with E-state index in [0.29, 0.717) is 12.0 Å². The summed E-state index contributed by atoms with van der Waals surface area (Å²) >= 11 is 0. The predicted molar refractivity (Wildman–Crippen MR) is 60.8 cm³/mol. The maximum absolute atomic E-state index is 12.1. The van der Waals surface area contributed by atoms with Crippen molar-refractivity contribution in [3.63, 3.8) is 0 Å². The van der Waals surface area contributed by atoms with Crippen molar-refractivity contribution >= 4 is 11.7 Å². The van der Waals surface area contributed by atoms with Gasteiger partial charge >= 0.3 is 0 Å². The van der Waals surface area contributed by atoms with E-state index in [1.54, 1.807) is 23.2 Å². The molecular formula is C13H13NO2. The third-order valence-corrected chi connectivity index (χ3v) is 2.65. The van der Waals surface area contributed by atoms with Crippen LogP contribution in [-0.2, 0) is 4.79 Å².